The molecule has 0 aromatic heterocycles. The van der Waals surface area contributed by atoms with Crippen LogP contribution in [0.25, 0.3) is 0 Å². The fourth-order valence-corrected chi connectivity index (χ4v) is 3.39. The summed E-state index contributed by atoms with van der Waals surface area (Å²) in [6, 6.07) is 0. The lowest BCUT2D eigenvalue weighted by Crippen LogP contribution is -2.55. The standard InChI is InChI=1S/C15H26N4O3/c1-11(20)18-7-8-19(10-12(9-18)13(21)17-2)14(22)15(16)5-3-4-6-15/h12H,3-10,16H2,1-2H3,(H,17,21). The molecule has 1 saturated carbocycles. The van der Waals surface area contributed by atoms with Crippen LogP contribution >= 0.6 is 0 Å². The highest BCUT2D eigenvalue weighted by atomic mass is 16.2. The van der Waals surface area contributed by atoms with E-state index in [9.17, 15) is 14.4 Å². The molecule has 1 heterocycles. The Kier molecular flexibility index (Phi) is 5.05. The molecule has 1 saturated heterocycles. The van der Waals surface area contributed by atoms with Crippen molar-refractivity contribution in [3.8, 4) is 0 Å². The minimum atomic E-state index is -0.793. The molecule has 2 fully saturated rings. The molecule has 1 aliphatic carbocycles. The zero-order chi connectivity index (χ0) is 16.3. The Labute approximate surface area is 131 Å². The Hall–Kier alpha value is -1.63. The van der Waals surface area contributed by atoms with Crippen molar-refractivity contribution < 1.29 is 14.4 Å². The summed E-state index contributed by atoms with van der Waals surface area (Å²) < 4.78 is 0. The summed E-state index contributed by atoms with van der Waals surface area (Å²) >= 11 is 0. The van der Waals surface area contributed by atoms with Gasteiger partial charge in [0.1, 0.15) is 0 Å². The summed E-state index contributed by atoms with van der Waals surface area (Å²) in [7, 11) is 1.57. The van der Waals surface area contributed by atoms with Crippen molar-refractivity contribution >= 4 is 17.7 Å². The number of hydrogen-bond acceptors (Lipinski definition) is 4. The Balaban J connectivity index is 2.15. The van der Waals surface area contributed by atoms with E-state index in [1.807, 2.05) is 0 Å². The highest BCUT2D eigenvalue weighted by molar-refractivity contribution is 5.88. The number of nitrogens with zero attached hydrogens (tertiary/aromatic N) is 2. The number of carbonyl (C=O) groups excluding carboxylic acids is 3. The molecular formula is C15H26N4O3. The number of hydrogen-bond donors (Lipinski definition) is 2. The number of carbonyl (C=O) groups is 3. The van der Waals surface area contributed by atoms with Crippen LogP contribution in [0.1, 0.15) is 32.6 Å². The molecule has 1 aliphatic heterocycles. The average molecular weight is 310 g/mol. The van der Waals surface area contributed by atoms with Crippen molar-refractivity contribution in [1.29, 1.82) is 0 Å². The van der Waals surface area contributed by atoms with Crippen molar-refractivity contribution in [2.45, 2.75) is 38.1 Å². The maximum absolute atomic E-state index is 12.8. The zero-order valence-electron chi connectivity index (χ0n) is 13.4. The maximum Gasteiger partial charge on any atom is 0.242 e. The smallest absolute Gasteiger partial charge is 0.242 e. The molecule has 0 bridgehead atoms. The van der Waals surface area contributed by atoms with Gasteiger partial charge in [-0.05, 0) is 12.8 Å². The normalized spacial score (nSPS) is 24.8. The Morgan fingerprint density at radius 3 is 2.18 bits per heavy atom. The molecule has 7 nitrogen and oxygen atoms in total. The second kappa shape index (κ2) is 6.64. The summed E-state index contributed by atoms with van der Waals surface area (Å²) in [6.07, 6.45) is 3.33. The van der Waals surface area contributed by atoms with E-state index < -0.39 is 11.5 Å². The van der Waals surface area contributed by atoms with Gasteiger partial charge in [0.15, 0.2) is 0 Å². The molecule has 22 heavy (non-hydrogen) atoms. The Bertz CT molecular complexity index is 460. The van der Waals surface area contributed by atoms with Gasteiger partial charge < -0.3 is 20.9 Å². The van der Waals surface area contributed by atoms with Crippen molar-refractivity contribution in [2.24, 2.45) is 11.7 Å². The van der Waals surface area contributed by atoms with Gasteiger partial charge in [0, 0.05) is 40.2 Å². The molecule has 124 valence electrons. The van der Waals surface area contributed by atoms with E-state index >= 15 is 0 Å². The van der Waals surface area contributed by atoms with Crippen molar-refractivity contribution in [3.63, 3.8) is 0 Å². The van der Waals surface area contributed by atoms with Crippen LogP contribution in [0.4, 0.5) is 0 Å². The van der Waals surface area contributed by atoms with E-state index in [4.69, 9.17) is 5.73 Å². The molecule has 2 rings (SSSR count). The molecule has 0 aromatic rings. The van der Waals surface area contributed by atoms with Gasteiger partial charge in [-0.15, -0.1) is 0 Å². The lowest BCUT2D eigenvalue weighted by molar-refractivity contribution is -0.138. The summed E-state index contributed by atoms with van der Waals surface area (Å²) in [4.78, 5) is 39.8. The van der Waals surface area contributed by atoms with E-state index in [0.29, 0.717) is 39.0 Å². The number of rotatable bonds is 2. The van der Waals surface area contributed by atoms with E-state index in [-0.39, 0.29) is 17.7 Å². The SMILES string of the molecule is CNC(=O)C1CN(C(C)=O)CCN(C(=O)C2(N)CCCC2)C1. The minimum absolute atomic E-state index is 0.0773. The first kappa shape index (κ1) is 16.7. The van der Waals surface area contributed by atoms with Gasteiger partial charge in [0.2, 0.25) is 17.7 Å². The summed E-state index contributed by atoms with van der Waals surface area (Å²) in [5.74, 6) is -0.718. The largest absolute Gasteiger partial charge is 0.359 e. The maximum atomic E-state index is 12.8. The van der Waals surface area contributed by atoms with E-state index in [1.165, 1.54) is 6.92 Å². The first-order valence-electron chi connectivity index (χ1n) is 7.93. The molecular weight excluding hydrogens is 284 g/mol. The molecule has 7 heteroatoms. The Morgan fingerprint density at radius 2 is 1.64 bits per heavy atom. The van der Waals surface area contributed by atoms with Crippen LogP contribution in [-0.2, 0) is 14.4 Å². The van der Waals surface area contributed by atoms with Crippen LogP contribution in [0, 0.1) is 5.92 Å². The van der Waals surface area contributed by atoms with Crippen molar-refractivity contribution in [2.75, 3.05) is 33.2 Å². The summed E-state index contributed by atoms with van der Waals surface area (Å²) in [6.45, 7) is 3.03. The highest BCUT2D eigenvalue weighted by Crippen LogP contribution is 2.29. The van der Waals surface area contributed by atoms with Gasteiger partial charge in [-0.1, -0.05) is 12.8 Å². The van der Waals surface area contributed by atoms with Gasteiger partial charge in [-0.2, -0.15) is 0 Å². The number of amides is 3. The van der Waals surface area contributed by atoms with Crippen molar-refractivity contribution in [1.82, 2.24) is 15.1 Å². The van der Waals surface area contributed by atoms with Crippen LogP contribution in [0.15, 0.2) is 0 Å². The molecule has 3 N–H and O–H groups in total. The predicted octanol–water partition coefficient (Wildman–Crippen LogP) is -0.689. The third kappa shape index (κ3) is 3.40. The topological polar surface area (TPSA) is 95.7 Å². The van der Waals surface area contributed by atoms with Crippen LogP contribution in [0.3, 0.4) is 0 Å². The van der Waals surface area contributed by atoms with Crippen LogP contribution < -0.4 is 11.1 Å². The van der Waals surface area contributed by atoms with E-state index in [2.05, 4.69) is 5.32 Å². The third-order valence-corrected chi connectivity index (χ3v) is 4.79. The first-order chi connectivity index (χ1) is 10.4. The highest BCUT2D eigenvalue weighted by Gasteiger charge is 2.42. The fourth-order valence-electron chi connectivity index (χ4n) is 3.39. The average Bonchev–Trinajstić information content (AvgIpc) is 2.82. The molecule has 0 aromatic carbocycles. The summed E-state index contributed by atoms with van der Waals surface area (Å²) in [5.41, 5.74) is 5.47. The van der Waals surface area contributed by atoms with E-state index in [0.717, 1.165) is 12.8 Å². The quantitative estimate of drug-likeness (QED) is 0.706. The van der Waals surface area contributed by atoms with Crippen LogP contribution in [0.5, 0.6) is 0 Å². The molecule has 2 aliphatic rings. The Morgan fingerprint density at radius 1 is 1.09 bits per heavy atom. The van der Waals surface area contributed by atoms with Gasteiger partial charge in [0.25, 0.3) is 0 Å². The lowest BCUT2D eigenvalue weighted by atomic mass is 9.96. The van der Waals surface area contributed by atoms with Crippen LogP contribution in [-0.4, -0.2) is 66.3 Å². The fraction of sp³-hybridized carbons (Fsp3) is 0.800. The summed E-state index contributed by atoms with van der Waals surface area (Å²) in [5, 5.41) is 2.61. The number of nitrogens with one attached hydrogen (secondary N) is 1. The van der Waals surface area contributed by atoms with Crippen LogP contribution in [0.2, 0.25) is 0 Å². The first-order valence-corrected chi connectivity index (χ1v) is 7.93. The molecule has 0 spiro atoms. The molecule has 0 radical (unpaired) electrons. The van der Waals surface area contributed by atoms with Crippen molar-refractivity contribution in [3.05, 3.63) is 0 Å². The van der Waals surface area contributed by atoms with E-state index in [1.54, 1.807) is 16.8 Å². The second-order valence-electron chi connectivity index (χ2n) is 6.39. The molecule has 1 unspecified atom stereocenters. The lowest BCUT2D eigenvalue weighted by Gasteiger charge is -2.31. The van der Waals surface area contributed by atoms with Gasteiger partial charge in [-0.25, -0.2) is 0 Å². The number of nitrogens with two attached hydrogens (primary N) is 1. The van der Waals surface area contributed by atoms with Gasteiger partial charge in [0.05, 0.1) is 11.5 Å². The third-order valence-electron chi connectivity index (χ3n) is 4.79. The predicted molar refractivity (Wildman–Crippen MR) is 81.8 cm³/mol. The molecule has 1 atom stereocenters. The van der Waals surface area contributed by atoms with Gasteiger partial charge >= 0.3 is 0 Å². The van der Waals surface area contributed by atoms with Gasteiger partial charge in [-0.3, -0.25) is 14.4 Å². The zero-order valence-corrected chi connectivity index (χ0v) is 13.4. The second-order valence-corrected chi connectivity index (χ2v) is 6.39. The minimum Gasteiger partial charge on any atom is -0.359 e. The molecule has 3 amide bonds. The monoisotopic (exact) mass is 310 g/mol.